The van der Waals surface area contributed by atoms with Crippen LogP contribution in [0.3, 0.4) is 0 Å². The van der Waals surface area contributed by atoms with Gasteiger partial charge in [-0.05, 0) is 39.8 Å². The van der Waals surface area contributed by atoms with Gasteiger partial charge in [0.05, 0.1) is 24.7 Å². The van der Waals surface area contributed by atoms with Crippen LogP contribution in [0.2, 0.25) is 0 Å². The van der Waals surface area contributed by atoms with Crippen LogP contribution in [-0.2, 0) is 16.1 Å². The largest absolute Gasteiger partial charge is 0.403 e. The molecular weight excluding hydrogens is 496 g/mol. The maximum Gasteiger partial charge on any atom is 0.224 e. The molecule has 2 saturated heterocycles. The molecule has 1 aromatic heterocycles. The fourth-order valence-electron chi connectivity index (χ4n) is 5.13. The van der Waals surface area contributed by atoms with Crippen LogP contribution in [-0.4, -0.2) is 121 Å². The van der Waals surface area contributed by atoms with Crippen LogP contribution in [0.4, 0.5) is 0 Å². The molecule has 3 heterocycles. The van der Waals surface area contributed by atoms with Crippen molar-refractivity contribution in [2.75, 3.05) is 72.7 Å². The number of hydrogen-bond acceptors (Lipinski definition) is 8. The molecule has 0 unspecified atom stereocenters. The first-order valence-corrected chi connectivity index (χ1v) is 14.1. The highest BCUT2D eigenvalue weighted by atomic mass is 16.5. The smallest absolute Gasteiger partial charge is 0.224 e. The zero-order chi connectivity index (χ0) is 28.0. The molecule has 2 fully saturated rings. The van der Waals surface area contributed by atoms with Crippen molar-refractivity contribution in [2.24, 2.45) is 15.7 Å². The number of guanidine groups is 1. The number of aliphatic imine (C=N–C) groups is 2. The minimum Gasteiger partial charge on any atom is -0.403 e. The zero-order valence-electron chi connectivity index (χ0n) is 24.0. The summed E-state index contributed by atoms with van der Waals surface area (Å²) in [5, 5.41) is 10.9. The summed E-state index contributed by atoms with van der Waals surface area (Å²) in [7, 11) is 1.76. The number of piperazine rings is 1. The molecule has 218 valence electrons. The number of ether oxygens (including phenoxy) is 2. The summed E-state index contributed by atoms with van der Waals surface area (Å²) in [5.41, 5.74) is 5.95. The monoisotopic (exact) mass is 544 g/mol. The normalized spacial score (nSPS) is 19.7. The van der Waals surface area contributed by atoms with Crippen molar-refractivity contribution in [1.82, 2.24) is 24.3 Å². The molecule has 0 amide bonds. The third-order valence-electron chi connectivity index (χ3n) is 7.33. The molecule has 39 heavy (non-hydrogen) atoms. The average Bonchev–Trinajstić information content (AvgIpc) is 3.32. The molecule has 0 saturated carbocycles. The van der Waals surface area contributed by atoms with Crippen LogP contribution in [0.5, 0.6) is 0 Å². The number of β-amino-alcohol motifs (C(OH)–C–C–N with tert-alkyl or cyclic N) is 1. The number of aliphatic hydroxyl groups is 1. The van der Waals surface area contributed by atoms with Crippen LogP contribution in [0.25, 0.3) is 12.3 Å². The van der Waals surface area contributed by atoms with Crippen LogP contribution in [0, 0.1) is 0 Å². The Kier molecular flexibility index (Phi) is 13.1. The summed E-state index contributed by atoms with van der Waals surface area (Å²) in [6, 6.07) is 0.212. The van der Waals surface area contributed by atoms with E-state index in [1.54, 1.807) is 19.5 Å². The van der Waals surface area contributed by atoms with Gasteiger partial charge < -0.3 is 29.8 Å². The second-order valence-electron chi connectivity index (χ2n) is 10.2. The lowest BCUT2D eigenvalue weighted by Gasteiger charge is -2.34. The lowest BCUT2D eigenvalue weighted by Crippen LogP contribution is -2.47. The number of methoxy groups -OCH3 is 1. The van der Waals surface area contributed by atoms with Gasteiger partial charge in [0, 0.05) is 77.9 Å². The second-order valence-corrected chi connectivity index (χ2v) is 10.2. The van der Waals surface area contributed by atoms with Gasteiger partial charge in [0.15, 0.2) is 0 Å². The number of nitrogens with two attached hydrogens (primary N) is 1. The van der Waals surface area contributed by atoms with E-state index < -0.39 is 0 Å². The molecule has 0 aliphatic carbocycles. The Labute approximate surface area is 233 Å². The minimum absolute atomic E-state index is 0.212. The molecule has 3 rings (SSSR count). The summed E-state index contributed by atoms with van der Waals surface area (Å²) < 4.78 is 13.7. The number of hydrogen-bond donors (Lipinski definition) is 2. The average molecular weight is 545 g/mol. The summed E-state index contributed by atoms with van der Waals surface area (Å²) in [6.07, 6.45) is 10.4. The highest BCUT2D eigenvalue weighted by Gasteiger charge is 2.20. The molecule has 2 aliphatic rings. The second kappa shape index (κ2) is 16.5. The number of allylic oxidation sites excluding steroid dienone is 1. The number of aromatic nitrogens is 2. The molecule has 3 N–H and O–H groups in total. The molecule has 0 atom stereocenters. The lowest BCUT2D eigenvalue weighted by atomic mass is 10.1. The SMILES string of the molecule is C=NC(=N/C=C\C/C=c1\c(=C/N)nc(COCCN2CCN(CCO)CC2)n1C(C)C)N1CCC(OC)CC1. The number of nitrogens with zero attached hydrogens (tertiary/aromatic N) is 7. The summed E-state index contributed by atoms with van der Waals surface area (Å²) in [6.45, 7) is 16.7. The van der Waals surface area contributed by atoms with Crippen LogP contribution in [0.1, 0.15) is 45.0 Å². The Bertz CT molecular complexity index is 1050. The van der Waals surface area contributed by atoms with Gasteiger partial charge in [-0.1, -0.05) is 12.2 Å². The fourth-order valence-corrected chi connectivity index (χ4v) is 5.13. The summed E-state index contributed by atoms with van der Waals surface area (Å²) in [5.74, 6) is 1.52. The van der Waals surface area contributed by atoms with Crippen LogP contribution in [0.15, 0.2) is 22.3 Å². The predicted molar refractivity (Wildman–Crippen MR) is 157 cm³/mol. The molecular formula is C28H48N8O3. The molecule has 0 bridgehead atoms. The number of rotatable bonds is 12. The minimum atomic E-state index is 0.212. The predicted octanol–water partition coefficient (Wildman–Crippen LogP) is 0.139. The first-order chi connectivity index (χ1) is 19.0. The summed E-state index contributed by atoms with van der Waals surface area (Å²) >= 11 is 0. The van der Waals surface area contributed by atoms with Gasteiger partial charge in [0.1, 0.15) is 17.8 Å². The first kappa shape index (κ1) is 31.0. The van der Waals surface area contributed by atoms with E-state index in [2.05, 4.69) is 55.9 Å². The molecule has 11 heteroatoms. The van der Waals surface area contributed by atoms with E-state index in [0.29, 0.717) is 31.7 Å². The number of likely N-dealkylation sites (tertiary alicyclic amines) is 1. The van der Waals surface area contributed by atoms with Crippen molar-refractivity contribution in [1.29, 1.82) is 0 Å². The molecule has 1 aromatic rings. The van der Waals surface area contributed by atoms with Gasteiger partial charge in [-0.25, -0.2) is 15.0 Å². The third-order valence-corrected chi connectivity index (χ3v) is 7.33. The first-order valence-electron chi connectivity index (χ1n) is 14.1. The Hall–Kier alpha value is -2.57. The van der Waals surface area contributed by atoms with Crippen LogP contribution >= 0.6 is 0 Å². The molecule has 0 radical (unpaired) electrons. The van der Waals surface area contributed by atoms with E-state index in [4.69, 9.17) is 25.3 Å². The van der Waals surface area contributed by atoms with Crippen molar-refractivity contribution >= 4 is 25.0 Å². The van der Waals surface area contributed by atoms with E-state index in [0.717, 1.165) is 81.7 Å². The summed E-state index contributed by atoms with van der Waals surface area (Å²) in [4.78, 5) is 20.3. The van der Waals surface area contributed by atoms with Crippen molar-refractivity contribution < 1.29 is 14.6 Å². The molecule has 0 aromatic carbocycles. The van der Waals surface area contributed by atoms with Gasteiger partial charge in [0.2, 0.25) is 5.96 Å². The topological polar surface area (TPSA) is 117 Å². The zero-order valence-corrected chi connectivity index (χ0v) is 24.0. The third kappa shape index (κ3) is 9.25. The molecule has 2 aliphatic heterocycles. The number of aliphatic hydroxyl groups excluding tert-OH is 1. The van der Waals surface area contributed by atoms with Gasteiger partial charge >= 0.3 is 0 Å². The highest BCUT2D eigenvalue weighted by molar-refractivity contribution is 5.84. The Morgan fingerprint density at radius 3 is 2.44 bits per heavy atom. The van der Waals surface area contributed by atoms with Gasteiger partial charge in [-0.15, -0.1) is 0 Å². The van der Waals surface area contributed by atoms with E-state index >= 15 is 0 Å². The van der Waals surface area contributed by atoms with Crippen molar-refractivity contribution in [3.63, 3.8) is 0 Å². The Morgan fingerprint density at radius 2 is 1.85 bits per heavy atom. The Morgan fingerprint density at radius 1 is 1.15 bits per heavy atom. The van der Waals surface area contributed by atoms with E-state index in [9.17, 15) is 0 Å². The number of imidazole rings is 1. The van der Waals surface area contributed by atoms with Crippen molar-refractivity contribution in [3.05, 3.63) is 28.8 Å². The maximum absolute atomic E-state index is 9.11. The van der Waals surface area contributed by atoms with E-state index in [1.165, 1.54) is 0 Å². The number of piperidine rings is 1. The Balaban J connectivity index is 1.57. The van der Waals surface area contributed by atoms with E-state index in [-0.39, 0.29) is 12.6 Å². The maximum atomic E-state index is 9.11. The van der Waals surface area contributed by atoms with Crippen molar-refractivity contribution in [3.8, 4) is 0 Å². The molecule has 0 spiro atoms. The van der Waals surface area contributed by atoms with Crippen molar-refractivity contribution in [2.45, 2.75) is 51.9 Å². The fraction of sp³-hybridized carbons (Fsp3) is 0.679. The van der Waals surface area contributed by atoms with E-state index in [1.807, 2.05) is 6.08 Å². The van der Waals surface area contributed by atoms with Crippen LogP contribution < -0.4 is 16.4 Å². The standard InChI is InChI=1S/C28H48N8O3/c1-23(2)36-26(7-5-6-10-31-28(30-3)35-11-8-24(38-4)9-12-35)25(21-29)32-27(36)22-39-20-18-34-15-13-33(14-16-34)17-19-37/h6-7,10,21,23-24,37H,3,5,8-9,11-20,22,29H2,1-2,4H3/b10-6-,25-21+,26-7+,31-28?. The highest BCUT2D eigenvalue weighted by Crippen LogP contribution is 2.14. The quantitative estimate of drug-likeness (QED) is 0.217. The lowest BCUT2D eigenvalue weighted by molar-refractivity contribution is 0.0576. The molecule has 11 nitrogen and oxygen atoms in total. The van der Waals surface area contributed by atoms with Gasteiger partial charge in [0.25, 0.3) is 0 Å². The van der Waals surface area contributed by atoms with Gasteiger partial charge in [-0.2, -0.15) is 0 Å². The van der Waals surface area contributed by atoms with Gasteiger partial charge in [-0.3, -0.25) is 9.80 Å².